The Morgan fingerprint density at radius 1 is 0.815 bits per heavy atom. The molecule has 0 radical (unpaired) electrons. The number of amides is 1. The SMILES string of the molecule is CC(=O)OCCCCCCCCCCCCc1ccccc1N(C)C(C)=O. The molecule has 0 heterocycles. The van der Waals surface area contributed by atoms with E-state index in [0.29, 0.717) is 6.61 Å². The number of nitrogens with zero attached hydrogens (tertiary/aromatic N) is 1. The standard InChI is InChI=1S/C23H37NO3/c1-20(25)24(3)23-18-14-13-17-22(23)16-12-10-8-6-4-5-7-9-11-15-19-27-21(2)26/h13-14,17-18H,4-12,15-16,19H2,1-3H3. The van der Waals surface area contributed by atoms with Crippen LogP contribution in [0.2, 0.25) is 0 Å². The van der Waals surface area contributed by atoms with Gasteiger partial charge in [-0.05, 0) is 30.9 Å². The lowest BCUT2D eigenvalue weighted by atomic mass is 10.0. The minimum absolute atomic E-state index is 0.0776. The molecule has 1 amide bonds. The lowest BCUT2D eigenvalue weighted by Crippen LogP contribution is -2.23. The van der Waals surface area contributed by atoms with Gasteiger partial charge in [0.2, 0.25) is 5.91 Å². The van der Waals surface area contributed by atoms with Gasteiger partial charge in [0.1, 0.15) is 0 Å². The van der Waals surface area contributed by atoms with Gasteiger partial charge in [-0.2, -0.15) is 0 Å². The number of benzene rings is 1. The third kappa shape index (κ3) is 10.8. The van der Waals surface area contributed by atoms with Crippen LogP contribution < -0.4 is 4.90 Å². The van der Waals surface area contributed by atoms with Gasteiger partial charge in [0, 0.05) is 26.6 Å². The number of carbonyl (C=O) groups excluding carboxylic acids is 2. The monoisotopic (exact) mass is 375 g/mol. The van der Waals surface area contributed by atoms with Crippen molar-refractivity contribution in [2.24, 2.45) is 0 Å². The zero-order valence-electron chi connectivity index (χ0n) is 17.5. The average molecular weight is 376 g/mol. The highest BCUT2D eigenvalue weighted by Crippen LogP contribution is 2.22. The van der Waals surface area contributed by atoms with Crippen LogP contribution >= 0.6 is 0 Å². The predicted octanol–water partition coefficient (Wildman–Crippen LogP) is 5.68. The van der Waals surface area contributed by atoms with Crippen molar-refractivity contribution in [1.29, 1.82) is 0 Å². The van der Waals surface area contributed by atoms with E-state index in [4.69, 9.17) is 4.74 Å². The largest absolute Gasteiger partial charge is 0.466 e. The van der Waals surface area contributed by atoms with Crippen LogP contribution in [0, 0.1) is 0 Å². The maximum atomic E-state index is 11.6. The summed E-state index contributed by atoms with van der Waals surface area (Å²) < 4.78 is 4.93. The number of hydrogen-bond acceptors (Lipinski definition) is 3. The van der Waals surface area contributed by atoms with Crippen molar-refractivity contribution in [3.63, 3.8) is 0 Å². The lowest BCUT2D eigenvalue weighted by molar-refractivity contribution is -0.141. The molecule has 0 saturated heterocycles. The molecule has 0 bridgehead atoms. The van der Waals surface area contributed by atoms with Crippen molar-refractivity contribution in [3.8, 4) is 0 Å². The normalized spacial score (nSPS) is 10.6. The van der Waals surface area contributed by atoms with Crippen LogP contribution in [-0.4, -0.2) is 25.5 Å². The van der Waals surface area contributed by atoms with Gasteiger partial charge in [0.05, 0.1) is 6.61 Å². The average Bonchev–Trinajstić information content (AvgIpc) is 2.65. The molecular formula is C23H37NO3. The van der Waals surface area contributed by atoms with Gasteiger partial charge in [0.15, 0.2) is 0 Å². The minimum Gasteiger partial charge on any atom is -0.466 e. The van der Waals surface area contributed by atoms with Crippen molar-refractivity contribution in [1.82, 2.24) is 0 Å². The fourth-order valence-electron chi connectivity index (χ4n) is 3.27. The summed E-state index contributed by atoms with van der Waals surface area (Å²) in [6.45, 7) is 3.64. The summed E-state index contributed by atoms with van der Waals surface area (Å²) in [7, 11) is 1.84. The second-order valence-electron chi connectivity index (χ2n) is 7.33. The van der Waals surface area contributed by atoms with Crippen molar-refractivity contribution in [3.05, 3.63) is 29.8 Å². The molecule has 1 aromatic carbocycles. The molecule has 0 spiro atoms. The van der Waals surface area contributed by atoms with Gasteiger partial charge in [0.25, 0.3) is 0 Å². The van der Waals surface area contributed by atoms with Crippen molar-refractivity contribution >= 4 is 17.6 Å². The molecule has 1 rings (SSSR count). The maximum Gasteiger partial charge on any atom is 0.302 e. The van der Waals surface area contributed by atoms with E-state index in [1.54, 1.807) is 11.8 Å². The number of esters is 1. The van der Waals surface area contributed by atoms with E-state index in [9.17, 15) is 9.59 Å². The highest BCUT2D eigenvalue weighted by molar-refractivity contribution is 5.91. The van der Waals surface area contributed by atoms with Crippen LogP contribution in [0.1, 0.15) is 83.6 Å². The van der Waals surface area contributed by atoms with Crippen LogP contribution in [0.5, 0.6) is 0 Å². The Morgan fingerprint density at radius 2 is 1.33 bits per heavy atom. The molecule has 4 nitrogen and oxygen atoms in total. The molecule has 0 fully saturated rings. The van der Waals surface area contributed by atoms with Crippen molar-refractivity contribution in [2.75, 3.05) is 18.6 Å². The van der Waals surface area contributed by atoms with Crippen LogP contribution in [0.3, 0.4) is 0 Å². The first-order valence-corrected chi connectivity index (χ1v) is 10.5. The topological polar surface area (TPSA) is 46.6 Å². The van der Waals surface area contributed by atoms with Crippen molar-refractivity contribution < 1.29 is 14.3 Å². The van der Waals surface area contributed by atoms with E-state index in [2.05, 4.69) is 12.1 Å². The first-order valence-electron chi connectivity index (χ1n) is 10.5. The third-order valence-electron chi connectivity index (χ3n) is 4.97. The van der Waals surface area contributed by atoms with Gasteiger partial charge >= 0.3 is 5.97 Å². The molecular weight excluding hydrogens is 338 g/mol. The summed E-state index contributed by atoms with van der Waals surface area (Å²) in [6.07, 6.45) is 13.3. The maximum absolute atomic E-state index is 11.6. The molecule has 0 aromatic heterocycles. The molecule has 0 saturated carbocycles. The Balaban J connectivity index is 2.02. The lowest BCUT2D eigenvalue weighted by Gasteiger charge is -2.19. The molecule has 0 N–H and O–H groups in total. The summed E-state index contributed by atoms with van der Waals surface area (Å²) in [6, 6.07) is 8.22. The molecule has 4 heteroatoms. The zero-order chi connectivity index (χ0) is 19.9. The summed E-state index contributed by atoms with van der Waals surface area (Å²) in [5, 5.41) is 0. The summed E-state index contributed by atoms with van der Waals surface area (Å²) >= 11 is 0. The van der Waals surface area contributed by atoms with E-state index in [1.807, 2.05) is 19.2 Å². The first kappa shape index (κ1) is 23.2. The second kappa shape index (κ2) is 14.2. The molecule has 1 aromatic rings. The summed E-state index contributed by atoms with van der Waals surface area (Å²) in [5.74, 6) is -0.0989. The van der Waals surface area contributed by atoms with Crippen LogP contribution in [0.25, 0.3) is 0 Å². The van der Waals surface area contributed by atoms with Crippen LogP contribution in [0.4, 0.5) is 5.69 Å². The van der Waals surface area contributed by atoms with Gasteiger partial charge in [-0.15, -0.1) is 0 Å². The fourth-order valence-corrected chi connectivity index (χ4v) is 3.27. The Bertz CT molecular complexity index is 556. The number of para-hydroxylation sites is 1. The molecule has 152 valence electrons. The van der Waals surface area contributed by atoms with Crippen LogP contribution in [0.15, 0.2) is 24.3 Å². The predicted molar refractivity (Wildman–Crippen MR) is 112 cm³/mol. The Morgan fingerprint density at radius 3 is 1.89 bits per heavy atom. The van der Waals surface area contributed by atoms with Gasteiger partial charge in [-0.25, -0.2) is 0 Å². The molecule has 0 aliphatic rings. The number of ether oxygens (including phenoxy) is 1. The number of hydrogen-bond donors (Lipinski definition) is 0. The van der Waals surface area contributed by atoms with Gasteiger partial charge in [-0.1, -0.05) is 69.6 Å². The number of aryl methyl sites for hydroxylation is 1. The molecule has 27 heavy (non-hydrogen) atoms. The number of rotatable bonds is 14. The smallest absolute Gasteiger partial charge is 0.302 e. The fraction of sp³-hybridized carbons (Fsp3) is 0.652. The van der Waals surface area contributed by atoms with E-state index >= 15 is 0 Å². The molecule has 0 unspecified atom stereocenters. The Hall–Kier alpha value is -1.84. The van der Waals surface area contributed by atoms with Crippen LogP contribution in [-0.2, 0) is 20.7 Å². The molecule has 0 atom stereocenters. The third-order valence-corrected chi connectivity index (χ3v) is 4.97. The summed E-state index contributed by atoms with van der Waals surface area (Å²) in [5.41, 5.74) is 2.31. The van der Waals surface area contributed by atoms with Gasteiger partial charge < -0.3 is 9.64 Å². The van der Waals surface area contributed by atoms with E-state index in [0.717, 1.165) is 24.9 Å². The summed E-state index contributed by atoms with van der Waals surface area (Å²) in [4.78, 5) is 24.0. The number of carbonyl (C=O) groups is 2. The molecule has 0 aliphatic carbocycles. The number of unbranched alkanes of at least 4 members (excludes halogenated alkanes) is 9. The number of anilines is 1. The Labute approximate surface area is 165 Å². The quantitative estimate of drug-likeness (QED) is 0.311. The minimum atomic E-state index is -0.177. The highest BCUT2D eigenvalue weighted by atomic mass is 16.5. The second-order valence-corrected chi connectivity index (χ2v) is 7.33. The molecule has 0 aliphatic heterocycles. The first-order chi connectivity index (χ1) is 13.0. The van der Waals surface area contributed by atoms with Gasteiger partial charge in [-0.3, -0.25) is 9.59 Å². The zero-order valence-corrected chi connectivity index (χ0v) is 17.5. The van der Waals surface area contributed by atoms with E-state index in [1.165, 1.54) is 63.9 Å². The van der Waals surface area contributed by atoms with E-state index < -0.39 is 0 Å². The van der Waals surface area contributed by atoms with E-state index in [-0.39, 0.29) is 11.9 Å². The highest BCUT2D eigenvalue weighted by Gasteiger charge is 2.09. The Kier molecular flexibility index (Phi) is 12.2. The van der Waals surface area contributed by atoms with Crippen molar-refractivity contribution in [2.45, 2.75) is 84.5 Å².